The number of hydrogen-bond donors (Lipinski definition) is 3. The number of alkyl halides is 1. The van der Waals surface area contributed by atoms with Crippen molar-refractivity contribution in [2.75, 3.05) is 18.5 Å². The molecule has 1 fully saturated rings. The lowest BCUT2D eigenvalue weighted by atomic mass is 10.0. The molecule has 1 unspecified atom stereocenters. The van der Waals surface area contributed by atoms with E-state index in [1.165, 1.54) is 32.6 Å². The van der Waals surface area contributed by atoms with E-state index in [0.29, 0.717) is 41.4 Å². The van der Waals surface area contributed by atoms with Crippen LogP contribution >= 0.6 is 0 Å². The molecular formula is C27H28FN7O4. The second-order valence-corrected chi connectivity index (χ2v) is 10.0. The van der Waals surface area contributed by atoms with Crippen LogP contribution in [0, 0.1) is 11.3 Å². The Morgan fingerprint density at radius 1 is 1.31 bits per heavy atom. The number of nitrogens with zero attached hydrogens (tertiary/aromatic N) is 5. The molecule has 1 aliphatic heterocycles. The minimum absolute atomic E-state index is 0.114. The molecule has 0 bridgehead atoms. The number of amides is 1. The Labute approximate surface area is 223 Å². The average Bonchev–Trinajstić information content (AvgIpc) is 3.61. The van der Waals surface area contributed by atoms with Gasteiger partial charge in [-0.25, -0.2) is 13.9 Å². The van der Waals surface area contributed by atoms with Crippen molar-refractivity contribution in [3.63, 3.8) is 0 Å². The van der Waals surface area contributed by atoms with E-state index in [1.807, 2.05) is 12.1 Å². The number of nitrogens with one attached hydrogen (secondary N) is 2. The van der Waals surface area contributed by atoms with Crippen LogP contribution < -0.4 is 10.6 Å². The van der Waals surface area contributed by atoms with Gasteiger partial charge in [0.1, 0.15) is 18.3 Å². The Morgan fingerprint density at radius 3 is 2.85 bits per heavy atom. The fourth-order valence-electron chi connectivity index (χ4n) is 4.37. The molecule has 0 spiro atoms. The number of hydrogen-bond acceptors (Lipinski definition) is 9. The minimum Gasteiger partial charge on any atom is -0.446 e. The Morgan fingerprint density at radius 2 is 2.15 bits per heavy atom. The zero-order valence-electron chi connectivity index (χ0n) is 21.5. The first-order chi connectivity index (χ1) is 18.7. The smallest absolute Gasteiger partial charge is 0.255 e. The molecule has 0 aromatic carbocycles. The van der Waals surface area contributed by atoms with Gasteiger partial charge in [-0.1, -0.05) is 0 Å². The van der Waals surface area contributed by atoms with Gasteiger partial charge in [-0.2, -0.15) is 10.4 Å². The van der Waals surface area contributed by atoms with Crippen molar-refractivity contribution in [2.24, 2.45) is 0 Å². The van der Waals surface area contributed by atoms with E-state index in [0.717, 1.165) is 11.9 Å². The zero-order chi connectivity index (χ0) is 27.6. The van der Waals surface area contributed by atoms with Crippen molar-refractivity contribution >= 4 is 17.1 Å². The topological polar surface area (TPSA) is 151 Å². The van der Waals surface area contributed by atoms with Crippen LogP contribution in [0.3, 0.4) is 0 Å². The Kier molecular flexibility index (Phi) is 7.28. The fraction of sp³-hybridized carbons (Fsp3) is 0.370. The van der Waals surface area contributed by atoms with Gasteiger partial charge in [0.2, 0.25) is 0 Å². The van der Waals surface area contributed by atoms with Gasteiger partial charge in [0.15, 0.2) is 12.2 Å². The molecule has 5 heterocycles. The van der Waals surface area contributed by atoms with Crippen molar-refractivity contribution in [3.8, 4) is 17.5 Å². The van der Waals surface area contributed by atoms with Crippen LogP contribution in [-0.4, -0.2) is 61.6 Å². The number of aromatic nitrogens is 4. The third-order valence-corrected chi connectivity index (χ3v) is 6.65. The third kappa shape index (κ3) is 5.74. The van der Waals surface area contributed by atoms with Gasteiger partial charge >= 0.3 is 0 Å². The minimum atomic E-state index is -1.65. The van der Waals surface area contributed by atoms with E-state index in [-0.39, 0.29) is 24.3 Å². The molecule has 3 N–H and O–H groups in total. The first-order valence-corrected chi connectivity index (χ1v) is 12.5. The van der Waals surface area contributed by atoms with Crippen LogP contribution in [0.5, 0.6) is 0 Å². The highest BCUT2D eigenvalue weighted by molar-refractivity contribution is 6.00. The van der Waals surface area contributed by atoms with Gasteiger partial charge in [0.25, 0.3) is 5.91 Å². The number of aliphatic hydroxyl groups is 1. The van der Waals surface area contributed by atoms with E-state index >= 15 is 0 Å². The molecule has 39 heavy (non-hydrogen) atoms. The number of carbonyl (C=O) groups excluding carboxylic acids is 1. The Hall–Kier alpha value is -4.34. The lowest BCUT2D eigenvalue weighted by Crippen LogP contribution is -2.42. The molecule has 1 saturated heterocycles. The van der Waals surface area contributed by atoms with Crippen molar-refractivity contribution in [2.45, 2.75) is 50.6 Å². The maximum absolute atomic E-state index is 14.3. The van der Waals surface area contributed by atoms with Gasteiger partial charge in [0, 0.05) is 12.2 Å². The number of rotatable bonds is 8. The van der Waals surface area contributed by atoms with Crippen LogP contribution in [-0.2, 0) is 4.74 Å². The summed E-state index contributed by atoms with van der Waals surface area (Å²) in [5.74, 6) is 0.135. The van der Waals surface area contributed by atoms with Gasteiger partial charge in [-0.15, -0.1) is 0 Å². The quantitative estimate of drug-likeness (QED) is 0.309. The molecule has 4 aromatic heterocycles. The van der Waals surface area contributed by atoms with Crippen molar-refractivity contribution in [3.05, 3.63) is 66.1 Å². The molecule has 3 atom stereocenters. The Bertz CT molecular complexity index is 1500. The number of nitriles is 1. The summed E-state index contributed by atoms with van der Waals surface area (Å²) in [7, 11) is 0. The highest BCUT2D eigenvalue weighted by atomic mass is 19.1. The molecule has 0 saturated carbocycles. The van der Waals surface area contributed by atoms with E-state index in [1.54, 1.807) is 22.8 Å². The summed E-state index contributed by atoms with van der Waals surface area (Å²) in [6.07, 6.45) is 5.48. The van der Waals surface area contributed by atoms with Crippen LogP contribution in [0.4, 0.5) is 10.1 Å². The second-order valence-electron chi connectivity index (χ2n) is 10.0. The van der Waals surface area contributed by atoms with Crippen LogP contribution in [0.1, 0.15) is 54.5 Å². The molecule has 4 aromatic rings. The number of oxazole rings is 1. The maximum Gasteiger partial charge on any atom is 0.255 e. The highest BCUT2D eigenvalue weighted by Gasteiger charge is 2.29. The monoisotopic (exact) mass is 533 g/mol. The molecular weight excluding hydrogens is 505 g/mol. The SMILES string of the molecule is CC(C)(O)C(F)CNC(=O)c1cnc(-c2ccc3cc(C#N)cnn23)cc1N[C@@H]1CC[C@@H](c2cnco2)OC1. The average molecular weight is 534 g/mol. The van der Waals surface area contributed by atoms with Gasteiger partial charge in [0.05, 0.1) is 64.9 Å². The van der Waals surface area contributed by atoms with E-state index in [9.17, 15) is 19.6 Å². The van der Waals surface area contributed by atoms with E-state index in [2.05, 4.69) is 31.8 Å². The predicted octanol–water partition coefficient (Wildman–Crippen LogP) is 3.43. The van der Waals surface area contributed by atoms with E-state index < -0.39 is 17.7 Å². The summed E-state index contributed by atoms with van der Waals surface area (Å²) in [6, 6.07) is 9.08. The highest BCUT2D eigenvalue weighted by Crippen LogP contribution is 2.31. The van der Waals surface area contributed by atoms with Crippen molar-refractivity contribution in [1.82, 2.24) is 24.9 Å². The normalized spacial score (nSPS) is 18.4. The molecule has 12 heteroatoms. The van der Waals surface area contributed by atoms with Crippen LogP contribution in [0.25, 0.3) is 16.9 Å². The molecule has 1 aliphatic rings. The summed E-state index contributed by atoms with van der Waals surface area (Å²) in [4.78, 5) is 21.5. The van der Waals surface area contributed by atoms with Gasteiger partial charge in [-0.05, 0) is 51.0 Å². The summed E-state index contributed by atoms with van der Waals surface area (Å²) in [5, 5.41) is 29.4. The van der Waals surface area contributed by atoms with Crippen LogP contribution in [0.2, 0.25) is 0 Å². The Balaban J connectivity index is 1.41. The first-order valence-electron chi connectivity index (χ1n) is 12.5. The molecule has 5 rings (SSSR count). The zero-order valence-corrected chi connectivity index (χ0v) is 21.5. The van der Waals surface area contributed by atoms with Gasteiger partial charge < -0.3 is 24.9 Å². The summed E-state index contributed by atoms with van der Waals surface area (Å²) >= 11 is 0. The lowest BCUT2D eigenvalue weighted by Gasteiger charge is -2.29. The van der Waals surface area contributed by atoms with E-state index in [4.69, 9.17) is 9.15 Å². The summed E-state index contributed by atoms with van der Waals surface area (Å²) in [6.45, 7) is 2.70. The number of fused-ring (bicyclic) bond motifs is 1. The van der Waals surface area contributed by atoms with Crippen molar-refractivity contribution in [1.29, 1.82) is 5.26 Å². The summed E-state index contributed by atoms with van der Waals surface area (Å²) in [5.41, 5.74) is 1.49. The molecule has 1 amide bonds. The van der Waals surface area contributed by atoms with Crippen molar-refractivity contribution < 1.29 is 23.4 Å². The number of ether oxygens (including phenoxy) is 1. The third-order valence-electron chi connectivity index (χ3n) is 6.65. The molecule has 202 valence electrons. The predicted molar refractivity (Wildman–Crippen MR) is 139 cm³/mol. The number of pyridine rings is 1. The molecule has 0 radical (unpaired) electrons. The van der Waals surface area contributed by atoms with Crippen LogP contribution in [0.15, 0.2) is 53.7 Å². The molecule has 0 aliphatic carbocycles. The van der Waals surface area contributed by atoms with Gasteiger partial charge in [-0.3, -0.25) is 9.78 Å². The number of anilines is 1. The second kappa shape index (κ2) is 10.8. The fourth-order valence-corrected chi connectivity index (χ4v) is 4.37. The number of carbonyl (C=O) groups is 1. The maximum atomic E-state index is 14.3. The molecule has 11 nitrogen and oxygen atoms in total. The first kappa shape index (κ1) is 26.3. The largest absolute Gasteiger partial charge is 0.446 e. The standard InChI is InChI=1S/C27H28FN7O4/c1-27(2,37)25(28)13-32-26(36)19-11-31-21(22-5-4-18-7-16(9-29)10-33-35(18)22)8-20(19)34-17-3-6-23(38-14-17)24-12-30-15-39-24/h4-5,7-8,10-12,15,17,23,25,37H,3,6,13-14H2,1-2H3,(H,31,34)(H,32,36)/t17-,23+,25?/m1/s1. The summed E-state index contributed by atoms with van der Waals surface area (Å²) < 4.78 is 27.3. The lowest BCUT2D eigenvalue weighted by molar-refractivity contribution is -0.00442. The number of halogens is 1.